The molecule has 0 radical (unpaired) electrons. The van der Waals surface area contributed by atoms with Crippen molar-refractivity contribution in [3.05, 3.63) is 65.9 Å². The Kier molecular flexibility index (Phi) is 14.1. The van der Waals surface area contributed by atoms with Crippen LogP contribution in [-0.4, -0.2) is 79.3 Å². The van der Waals surface area contributed by atoms with E-state index in [-0.39, 0.29) is 36.8 Å². The van der Waals surface area contributed by atoms with Gasteiger partial charge in [0.2, 0.25) is 0 Å². The number of aliphatic hydroxyl groups is 1. The van der Waals surface area contributed by atoms with Gasteiger partial charge in [-0.25, -0.2) is 0 Å². The summed E-state index contributed by atoms with van der Waals surface area (Å²) >= 11 is 0. The number of halogens is 6. The first-order chi connectivity index (χ1) is 21.6. The fourth-order valence-corrected chi connectivity index (χ4v) is 4.50. The molecule has 2 amide bonds. The third-order valence-electron chi connectivity index (χ3n) is 6.64. The number of alkyl halides is 6. The zero-order chi connectivity index (χ0) is 34.7. The van der Waals surface area contributed by atoms with Crippen molar-refractivity contribution in [2.24, 2.45) is 0 Å². The molecule has 0 saturated heterocycles. The molecule has 2 heterocycles. The van der Waals surface area contributed by atoms with Crippen molar-refractivity contribution in [2.75, 3.05) is 40.3 Å². The molecule has 0 aliphatic carbocycles. The highest BCUT2D eigenvalue weighted by molar-refractivity contribution is 5.99. The van der Waals surface area contributed by atoms with E-state index in [2.05, 4.69) is 15.4 Å². The molecule has 0 fully saturated rings. The molecule has 0 spiro atoms. The second-order valence-corrected chi connectivity index (χ2v) is 10.2. The van der Waals surface area contributed by atoms with Gasteiger partial charge < -0.3 is 29.9 Å². The summed E-state index contributed by atoms with van der Waals surface area (Å²) in [4.78, 5) is 27.3. The standard InChI is InChI=1S/C27H29F3N4O4.C3H5F3.C2H6/c1-33(2)12-11-31-25(36)18-8-6-17(7-9-18)24-22(19-4-3-5-21(14-19)38-27(28,29)30)15-23-26(37)32-16-20(10-13-35)34(23)24;1-2-3(4,5)6;1-2/h3-9,14-15,20,35H,10-13,16H2,1-2H3,(H,31,36)(H,32,37);2H2,1H3;1-2H3. The number of hydrogen-bond acceptors (Lipinski definition) is 5. The first-order valence-corrected chi connectivity index (χ1v) is 14.7. The third-order valence-corrected chi connectivity index (χ3v) is 6.64. The van der Waals surface area contributed by atoms with Crippen LogP contribution in [0.4, 0.5) is 26.3 Å². The second kappa shape index (κ2) is 17.0. The highest BCUT2D eigenvalue weighted by Crippen LogP contribution is 2.40. The minimum atomic E-state index is -4.85. The number of amides is 2. The maximum Gasteiger partial charge on any atom is 0.573 e. The van der Waals surface area contributed by atoms with Crippen LogP contribution in [0.2, 0.25) is 0 Å². The van der Waals surface area contributed by atoms with Crippen molar-refractivity contribution in [3.8, 4) is 28.1 Å². The summed E-state index contributed by atoms with van der Waals surface area (Å²) in [6.07, 6.45) is -9.18. The molecule has 254 valence electrons. The number of carbonyl (C=O) groups excluding carboxylic acids is 2. The molecular formula is C32H40F6N4O4. The van der Waals surface area contributed by atoms with E-state index in [0.29, 0.717) is 53.2 Å². The van der Waals surface area contributed by atoms with E-state index in [4.69, 9.17) is 0 Å². The monoisotopic (exact) mass is 658 g/mol. The molecule has 4 rings (SSSR count). The second-order valence-electron chi connectivity index (χ2n) is 10.2. The topological polar surface area (TPSA) is 95.8 Å². The van der Waals surface area contributed by atoms with Crippen molar-refractivity contribution >= 4 is 11.8 Å². The summed E-state index contributed by atoms with van der Waals surface area (Å²) in [7, 11) is 3.82. The Hall–Kier alpha value is -4.04. The maximum atomic E-state index is 12.9. The molecule has 46 heavy (non-hydrogen) atoms. The van der Waals surface area contributed by atoms with Crippen molar-refractivity contribution in [1.82, 2.24) is 20.1 Å². The molecule has 2 aromatic carbocycles. The van der Waals surface area contributed by atoms with Gasteiger partial charge in [0.15, 0.2) is 0 Å². The van der Waals surface area contributed by atoms with E-state index < -0.39 is 19.0 Å². The summed E-state index contributed by atoms with van der Waals surface area (Å²) in [5.41, 5.74) is 2.98. The van der Waals surface area contributed by atoms with Gasteiger partial charge in [-0.15, -0.1) is 13.2 Å². The molecule has 1 aromatic heterocycles. The summed E-state index contributed by atoms with van der Waals surface area (Å²) in [5, 5.41) is 15.3. The molecule has 8 nitrogen and oxygen atoms in total. The Morgan fingerprint density at radius 1 is 1.04 bits per heavy atom. The van der Waals surface area contributed by atoms with E-state index in [1.807, 2.05) is 37.4 Å². The first kappa shape index (κ1) is 38.1. The zero-order valence-corrected chi connectivity index (χ0v) is 26.4. The normalized spacial score (nSPS) is 14.3. The van der Waals surface area contributed by atoms with E-state index in [9.17, 15) is 41.0 Å². The Bertz CT molecular complexity index is 1420. The Morgan fingerprint density at radius 3 is 2.22 bits per heavy atom. The summed E-state index contributed by atoms with van der Waals surface area (Å²) in [6.45, 7) is 6.43. The zero-order valence-electron chi connectivity index (χ0n) is 26.4. The van der Waals surface area contributed by atoms with Crippen LogP contribution < -0.4 is 15.4 Å². The van der Waals surface area contributed by atoms with Crippen molar-refractivity contribution in [1.29, 1.82) is 0 Å². The number of hydrogen-bond donors (Lipinski definition) is 3. The van der Waals surface area contributed by atoms with Gasteiger partial charge in [-0.3, -0.25) is 9.59 Å². The van der Waals surface area contributed by atoms with Gasteiger partial charge in [-0.05, 0) is 62.0 Å². The fourth-order valence-electron chi connectivity index (χ4n) is 4.50. The van der Waals surface area contributed by atoms with Crippen molar-refractivity contribution in [3.63, 3.8) is 0 Å². The number of aliphatic hydroxyl groups excluding tert-OH is 1. The Balaban J connectivity index is 0.000000826. The van der Waals surface area contributed by atoms with Gasteiger partial charge in [0.25, 0.3) is 11.8 Å². The lowest BCUT2D eigenvalue weighted by atomic mass is 9.99. The van der Waals surface area contributed by atoms with Gasteiger partial charge in [0, 0.05) is 43.8 Å². The van der Waals surface area contributed by atoms with Gasteiger partial charge in [-0.1, -0.05) is 45.0 Å². The molecule has 3 N–H and O–H groups in total. The minimum Gasteiger partial charge on any atom is -0.406 e. The molecule has 0 saturated carbocycles. The molecule has 1 aliphatic rings. The average molecular weight is 659 g/mol. The van der Waals surface area contributed by atoms with Gasteiger partial charge in [0.1, 0.15) is 11.4 Å². The molecule has 1 atom stereocenters. The lowest BCUT2D eigenvalue weighted by molar-refractivity contribution is -0.274. The largest absolute Gasteiger partial charge is 0.573 e. The van der Waals surface area contributed by atoms with Crippen LogP contribution in [0.1, 0.15) is 60.5 Å². The van der Waals surface area contributed by atoms with Crippen molar-refractivity contribution in [2.45, 2.75) is 52.2 Å². The smallest absolute Gasteiger partial charge is 0.406 e. The van der Waals surface area contributed by atoms with Crippen LogP contribution >= 0.6 is 0 Å². The van der Waals surface area contributed by atoms with Gasteiger partial charge in [0.05, 0.1) is 11.7 Å². The number of fused-ring (bicyclic) bond motifs is 1. The van der Waals surface area contributed by atoms with E-state index in [1.165, 1.54) is 18.2 Å². The number of benzene rings is 2. The number of rotatable bonds is 9. The highest BCUT2D eigenvalue weighted by atomic mass is 19.4. The van der Waals surface area contributed by atoms with E-state index in [1.54, 1.807) is 36.4 Å². The number of likely N-dealkylation sites (N-methyl/N-ethyl adjacent to an activating group) is 1. The quantitative estimate of drug-likeness (QED) is 0.224. The number of nitrogens with zero attached hydrogens (tertiary/aromatic N) is 2. The van der Waals surface area contributed by atoms with Crippen LogP contribution in [0.5, 0.6) is 5.75 Å². The fraction of sp³-hybridized carbons (Fsp3) is 0.438. The highest BCUT2D eigenvalue weighted by Gasteiger charge is 2.33. The number of carbonyl (C=O) groups is 2. The van der Waals surface area contributed by atoms with Gasteiger partial charge >= 0.3 is 12.5 Å². The average Bonchev–Trinajstić information content (AvgIpc) is 3.41. The molecule has 0 bridgehead atoms. The van der Waals surface area contributed by atoms with Crippen LogP contribution in [0.15, 0.2) is 54.6 Å². The van der Waals surface area contributed by atoms with E-state index >= 15 is 0 Å². The first-order valence-electron chi connectivity index (χ1n) is 14.7. The molecular weight excluding hydrogens is 618 g/mol. The van der Waals surface area contributed by atoms with Crippen LogP contribution in [-0.2, 0) is 0 Å². The predicted octanol–water partition coefficient (Wildman–Crippen LogP) is 6.66. The summed E-state index contributed by atoms with van der Waals surface area (Å²) in [6, 6.07) is 13.7. The van der Waals surface area contributed by atoms with Crippen LogP contribution in [0.3, 0.4) is 0 Å². The lowest BCUT2D eigenvalue weighted by Gasteiger charge is -2.28. The number of nitrogens with one attached hydrogen (secondary N) is 2. The van der Waals surface area contributed by atoms with Crippen LogP contribution in [0.25, 0.3) is 22.4 Å². The Labute approximate surface area is 264 Å². The number of aromatic nitrogens is 1. The minimum absolute atomic E-state index is 0.117. The maximum absolute atomic E-state index is 12.9. The third kappa shape index (κ3) is 11.1. The summed E-state index contributed by atoms with van der Waals surface area (Å²) < 4.78 is 76.9. The molecule has 14 heteroatoms. The SMILES string of the molecule is CC.CCC(F)(F)F.CN(C)CCNC(=O)c1ccc(-c2c(-c3cccc(OC(F)(F)F)c3)cc3n2C(CCO)CNC3=O)cc1. The molecule has 1 unspecified atom stereocenters. The van der Waals surface area contributed by atoms with Crippen LogP contribution in [0, 0.1) is 0 Å². The summed E-state index contributed by atoms with van der Waals surface area (Å²) in [5.74, 6) is -0.942. The van der Waals surface area contributed by atoms with Gasteiger partial charge in [-0.2, -0.15) is 13.2 Å². The predicted molar refractivity (Wildman–Crippen MR) is 164 cm³/mol. The molecule has 1 aliphatic heterocycles. The Morgan fingerprint density at radius 2 is 1.67 bits per heavy atom. The molecule has 3 aromatic rings. The number of ether oxygens (including phenoxy) is 1. The van der Waals surface area contributed by atoms with E-state index in [0.717, 1.165) is 6.92 Å². The lowest BCUT2D eigenvalue weighted by Crippen LogP contribution is -2.39. The van der Waals surface area contributed by atoms with Crippen molar-refractivity contribution < 1.29 is 45.8 Å².